The van der Waals surface area contributed by atoms with Gasteiger partial charge in [0.15, 0.2) is 0 Å². The van der Waals surface area contributed by atoms with Gasteiger partial charge in [-0.25, -0.2) is 4.18 Å². The van der Waals surface area contributed by atoms with Gasteiger partial charge in [0, 0.05) is 6.54 Å². The molecule has 0 saturated heterocycles. The van der Waals surface area contributed by atoms with E-state index >= 15 is 0 Å². The van der Waals surface area contributed by atoms with Crippen molar-refractivity contribution >= 4 is 10.4 Å². The third-order valence-corrected chi connectivity index (χ3v) is 0.929. The standard InChI is InChI=1S/C2H7NO.C2H6O4S/c3-1-2-4;1-2-6-7(3,4)5/h4H,1-3H2;2H2,1H3,(H,3,4,5). The van der Waals surface area contributed by atoms with Crippen molar-refractivity contribution in [2.45, 2.75) is 6.92 Å². The van der Waals surface area contributed by atoms with Crippen molar-refractivity contribution in [1.29, 1.82) is 0 Å². The van der Waals surface area contributed by atoms with E-state index in [4.69, 9.17) is 15.4 Å². The molecule has 0 aliphatic heterocycles. The molecular formula is C4H13NO5S. The quantitative estimate of drug-likeness (QED) is 0.477. The lowest BCUT2D eigenvalue weighted by Gasteiger charge is -1.88. The van der Waals surface area contributed by atoms with Gasteiger partial charge in [-0.05, 0) is 6.92 Å². The molecule has 0 unspecified atom stereocenters. The molecule has 11 heavy (non-hydrogen) atoms. The Balaban J connectivity index is 0. The highest BCUT2D eigenvalue weighted by Crippen LogP contribution is 1.81. The van der Waals surface area contributed by atoms with Crippen molar-refractivity contribution in [3.8, 4) is 0 Å². The predicted octanol–water partition coefficient (Wildman–Crippen LogP) is -1.24. The van der Waals surface area contributed by atoms with Crippen molar-refractivity contribution in [3.05, 3.63) is 0 Å². The molecule has 0 radical (unpaired) electrons. The van der Waals surface area contributed by atoms with E-state index < -0.39 is 10.4 Å². The molecule has 0 atom stereocenters. The number of nitrogens with two attached hydrogens (primary N) is 1. The molecule has 0 aromatic carbocycles. The summed E-state index contributed by atoms with van der Waals surface area (Å²) in [5.74, 6) is 0. The summed E-state index contributed by atoms with van der Waals surface area (Å²) in [6, 6.07) is 0. The second kappa shape index (κ2) is 7.89. The molecule has 70 valence electrons. The first-order chi connectivity index (χ1) is 4.97. The monoisotopic (exact) mass is 187 g/mol. The van der Waals surface area contributed by atoms with Crippen molar-refractivity contribution < 1.29 is 22.3 Å². The number of rotatable bonds is 3. The Bertz CT molecular complexity index is 152. The maximum absolute atomic E-state index is 9.56. The topological polar surface area (TPSA) is 110 Å². The van der Waals surface area contributed by atoms with E-state index in [-0.39, 0.29) is 13.2 Å². The molecule has 0 spiro atoms. The Labute approximate surface area is 65.9 Å². The van der Waals surface area contributed by atoms with E-state index in [2.05, 4.69) is 4.18 Å². The van der Waals surface area contributed by atoms with Crippen LogP contribution in [-0.4, -0.2) is 37.8 Å². The summed E-state index contributed by atoms with van der Waals surface area (Å²) in [5, 5.41) is 7.75. The van der Waals surface area contributed by atoms with Crippen LogP contribution in [0.5, 0.6) is 0 Å². The summed E-state index contributed by atoms with van der Waals surface area (Å²) in [5.41, 5.74) is 4.78. The minimum absolute atomic E-state index is 0.0289. The van der Waals surface area contributed by atoms with Crippen LogP contribution in [0, 0.1) is 0 Å². The van der Waals surface area contributed by atoms with Crippen LogP contribution >= 0.6 is 0 Å². The number of aliphatic hydroxyl groups excluding tert-OH is 1. The van der Waals surface area contributed by atoms with E-state index in [1.54, 1.807) is 0 Å². The average Bonchev–Trinajstić information content (AvgIpc) is 1.86. The predicted molar refractivity (Wildman–Crippen MR) is 39.3 cm³/mol. The van der Waals surface area contributed by atoms with Crippen molar-refractivity contribution in [1.82, 2.24) is 0 Å². The lowest BCUT2D eigenvalue weighted by Crippen LogP contribution is -2.02. The zero-order chi connectivity index (χ0) is 9.33. The maximum Gasteiger partial charge on any atom is 0.397 e. The molecule has 0 aromatic rings. The molecule has 0 amide bonds. The summed E-state index contributed by atoms with van der Waals surface area (Å²) in [6.07, 6.45) is 0. The Morgan fingerprint density at radius 1 is 1.55 bits per heavy atom. The minimum atomic E-state index is -4.17. The molecule has 0 fully saturated rings. The van der Waals surface area contributed by atoms with Crippen LogP contribution in [0.25, 0.3) is 0 Å². The summed E-state index contributed by atoms with van der Waals surface area (Å²) in [7, 11) is -4.17. The van der Waals surface area contributed by atoms with Gasteiger partial charge < -0.3 is 10.8 Å². The van der Waals surface area contributed by atoms with Crippen molar-refractivity contribution in [2.75, 3.05) is 19.8 Å². The lowest BCUT2D eigenvalue weighted by molar-refractivity contribution is 0.283. The minimum Gasteiger partial charge on any atom is -0.395 e. The van der Waals surface area contributed by atoms with Crippen LogP contribution < -0.4 is 5.73 Å². The Hall–Kier alpha value is -0.210. The molecule has 0 aromatic heterocycles. The average molecular weight is 187 g/mol. The molecule has 0 rings (SSSR count). The number of hydrogen-bond acceptors (Lipinski definition) is 5. The van der Waals surface area contributed by atoms with Crippen LogP contribution in [0.15, 0.2) is 0 Å². The lowest BCUT2D eigenvalue weighted by atomic mass is 10.8. The Morgan fingerprint density at radius 2 is 1.91 bits per heavy atom. The molecule has 0 aliphatic carbocycles. The number of aliphatic hydroxyl groups is 1. The SMILES string of the molecule is CCOS(=O)(=O)O.NCCO. The van der Waals surface area contributed by atoms with Gasteiger partial charge >= 0.3 is 10.4 Å². The highest BCUT2D eigenvalue weighted by molar-refractivity contribution is 7.80. The molecule has 6 nitrogen and oxygen atoms in total. The Morgan fingerprint density at radius 3 is 1.91 bits per heavy atom. The Kier molecular flexibility index (Phi) is 9.60. The fourth-order valence-corrected chi connectivity index (χ4v) is 0.447. The first-order valence-corrected chi connectivity index (χ1v) is 4.27. The van der Waals surface area contributed by atoms with Gasteiger partial charge in [-0.3, -0.25) is 4.55 Å². The molecule has 0 heterocycles. The summed E-state index contributed by atoms with van der Waals surface area (Å²) in [4.78, 5) is 0. The third-order valence-electron chi connectivity index (χ3n) is 0.396. The van der Waals surface area contributed by atoms with E-state index in [9.17, 15) is 8.42 Å². The van der Waals surface area contributed by atoms with Crippen molar-refractivity contribution in [2.24, 2.45) is 5.73 Å². The van der Waals surface area contributed by atoms with Crippen LogP contribution in [-0.2, 0) is 14.6 Å². The normalized spacial score (nSPS) is 10.2. The van der Waals surface area contributed by atoms with Gasteiger partial charge in [-0.15, -0.1) is 0 Å². The third kappa shape index (κ3) is 25.9. The summed E-state index contributed by atoms with van der Waals surface area (Å²) in [6.45, 7) is 1.91. The van der Waals surface area contributed by atoms with Crippen LogP contribution in [0.3, 0.4) is 0 Å². The van der Waals surface area contributed by atoms with Crippen LogP contribution in [0.1, 0.15) is 6.92 Å². The maximum atomic E-state index is 9.56. The highest BCUT2D eigenvalue weighted by atomic mass is 32.3. The molecular weight excluding hydrogens is 174 g/mol. The van der Waals surface area contributed by atoms with Crippen LogP contribution in [0.2, 0.25) is 0 Å². The van der Waals surface area contributed by atoms with Gasteiger partial charge in [0.25, 0.3) is 0 Å². The van der Waals surface area contributed by atoms with Gasteiger partial charge in [-0.2, -0.15) is 8.42 Å². The van der Waals surface area contributed by atoms with E-state index in [0.29, 0.717) is 6.54 Å². The zero-order valence-electron chi connectivity index (χ0n) is 6.23. The van der Waals surface area contributed by atoms with Gasteiger partial charge in [0.05, 0.1) is 13.2 Å². The van der Waals surface area contributed by atoms with Crippen molar-refractivity contribution in [3.63, 3.8) is 0 Å². The molecule has 0 aliphatic rings. The van der Waals surface area contributed by atoms with Crippen LogP contribution in [0.4, 0.5) is 0 Å². The fourth-order valence-electron chi connectivity index (χ4n) is 0.149. The zero-order valence-corrected chi connectivity index (χ0v) is 7.04. The highest BCUT2D eigenvalue weighted by Gasteiger charge is 1.98. The molecule has 0 bridgehead atoms. The second-order valence-electron chi connectivity index (χ2n) is 1.35. The van der Waals surface area contributed by atoms with Gasteiger partial charge in [0.2, 0.25) is 0 Å². The van der Waals surface area contributed by atoms with E-state index in [1.807, 2.05) is 0 Å². The summed E-state index contributed by atoms with van der Waals surface area (Å²) < 4.78 is 30.7. The first-order valence-electron chi connectivity index (χ1n) is 2.90. The van der Waals surface area contributed by atoms with Gasteiger partial charge in [0.1, 0.15) is 0 Å². The molecule has 7 heteroatoms. The molecule has 0 saturated carbocycles. The largest absolute Gasteiger partial charge is 0.397 e. The smallest absolute Gasteiger partial charge is 0.395 e. The molecule has 4 N–H and O–H groups in total. The summed E-state index contributed by atoms with van der Waals surface area (Å²) >= 11 is 0. The number of hydrogen-bond donors (Lipinski definition) is 3. The first kappa shape index (κ1) is 13.4. The fraction of sp³-hybridized carbons (Fsp3) is 1.00. The van der Waals surface area contributed by atoms with E-state index in [0.717, 1.165) is 0 Å². The second-order valence-corrected chi connectivity index (χ2v) is 2.44. The van der Waals surface area contributed by atoms with E-state index in [1.165, 1.54) is 6.92 Å². The van der Waals surface area contributed by atoms with Gasteiger partial charge in [-0.1, -0.05) is 0 Å².